The number of amides is 1. The highest BCUT2D eigenvalue weighted by atomic mass is 32.2. The SMILES string of the molecule is CC[C@@H](NC(=O)c1ccc(S(=O)(=O)CCOC)cc1)C(C)C. The van der Waals surface area contributed by atoms with Crippen LogP contribution in [-0.4, -0.2) is 39.8 Å². The average Bonchev–Trinajstić information content (AvgIpc) is 2.50. The van der Waals surface area contributed by atoms with Gasteiger partial charge in [0.1, 0.15) is 0 Å². The summed E-state index contributed by atoms with van der Waals surface area (Å²) in [6.45, 7) is 6.29. The van der Waals surface area contributed by atoms with Crippen molar-refractivity contribution >= 4 is 15.7 Å². The number of benzene rings is 1. The topological polar surface area (TPSA) is 72.5 Å². The second kappa shape index (κ2) is 8.29. The largest absolute Gasteiger partial charge is 0.384 e. The first-order valence-electron chi connectivity index (χ1n) is 7.44. The molecule has 0 saturated heterocycles. The number of rotatable bonds is 8. The summed E-state index contributed by atoms with van der Waals surface area (Å²) < 4.78 is 28.8. The highest BCUT2D eigenvalue weighted by Crippen LogP contribution is 2.13. The van der Waals surface area contributed by atoms with E-state index in [1.54, 1.807) is 12.1 Å². The van der Waals surface area contributed by atoms with Gasteiger partial charge in [0.2, 0.25) is 0 Å². The van der Waals surface area contributed by atoms with Gasteiger partial charge in [-0.3, -0.25) is 4.79 Å². The molecule has 6 heteroatoms. The summed E-state index contributed by atoms with van der Waals surface area (Å²) in [5.41, 5.74) is 0.463. The third-order valence-electron chi connectivity index (χ3n) is 3.59. The fraction of sp³-hybridized carbons (Fsp3) is 0.562. The van der Waals surface area contributed by atoms with Gasteiger partial charge in [-0.15, -0.1) is 0 Å². The summed E-state index contributed by atoms with van der Waals surface area (Å²) in [7, 11) is -1.90. The van der Waals surface area contributed by atoms with E-state index >= 15 is 0 Å². The molecule has 22 heavy (non-hydrogen) atoms. The molecule has 0 aliphatic rings. The van der Waals surface area contributed by atoms with Crippen molar-refractivity contribution in [2.24, 2.45) is 5.92 Å². The van der Waals surface area contributed by atoms with E-state index in [4.69, 9.17) is 4.74 Å². The second-order valence-electron chi connectivity index (χ2n) is 5.57. The van der Waals surface area contributed by atoms with Crippen LogP contribution in [0.25, 0.3) is 0 Å². The maximum Gasteiger partial charge on any atom is 0.251 e. The predicted molar refractivity (Wildman–Crippen MR) is 86.8 cm³/mol. The summed E-state index contributed by atoms with van der Waals surface area (Å²) in [4.78, 5) is 12.4. The molecular weight excluding hydrogens is 302 g/mol. The lowest BCUT2D eigenvalue weighted by Crippen LogP contribution is -2.37. The molecule has 0 fully saturated rings. The Labute approximate surface area is 133 Å². The highest BCUT2D eigenvalue weighted by Gasteiger charge is 2.17. The zero-order chi connectivity index (χ0) is 16.8. The number of nitrogens with one attached hydrogen (secondary N) is 1. The lowest BCUT2D eigenvalue weighted by molar-refractivity contribution is 0.0924. The lowest BCUT2D eigenvalue weighted by Gasteiger charge is -2.20. The minimum Gasteiger partial charge on any atom is -0.384 e. The number of sulfone groups is 1. The molecule has 1 aromatic carbocycles. The Balaban J connectivity index is 2.82. The van der Waals surface area contributed by atoms with Gasteiger partial charge in [-0.25, -0.2) is 8.42 Å². The van der Waals surface area contributed by atoms with Gasteiger partial charge in [0, 0.05) is 18.7 Å². The Kier molecular flexibility index (Phi) is 7.03. The fourth-order valence-electron chi connectivity index (χ4n) is 2.12. The first kappa shape index (κ1) is 18.6. The van der Waals surface area contributed by atoms with Crippen LogP contribution in [0.2, 0.25) is 0 Å². The van der Waals surface area contributed by atoms with Gasteiger partial charge in [-0.2, -0.15) is 0 Å². The molecular formula is C16H25NO4S. The Morgan fingerprint density at radius 3 is 2.27 bits per heavy atom. The summed E-state index contributed by atoms with van der Waals surface area (Å²) in [5, 5.41) is 2.97. The smallest absolute Gasteiger partial charge is 0.251 e. The van der Waals surface area contributed by atoms with Gasteiger partial charge < -0.3 is 10.1 Å². The fourth-order valence-corrected chi connectivity index (χ4v) is 3.29. The molecule has 124 valence electrons. The van der Waals surface area contributed by atoms with Crippen LogP contribution in [0, 0.1) is 5.92 Å². The molecule has 0 unspecified atom stereocenters. The summed E-state index contributed by atoms with van der Waals surface area (Å²) in [6, 6.07) is 6.13. The number of carbonyl (C=O) groups is 1. The van der Waals surface area contributed by atoms with Gasteiger partial charge in [0.25, 0.3) is 5.91 Å². The van der Waals surface area contributed by atoms with Crippen molar-refractivity contribution in [3.05, 3.63) is 29.8 Å². The van der Waals surface area contributed by atoms with E-state index in [0.29, 0.717) is 11.5 Å². The van der Waals surface area contributed by atoms with Crippen molar-refractivity contribution in [2.45, 2.75) is 38.1 Å². The summed E-state index contributed by atoms with van der Waals surface area (Å²) >= 11 is 0. The molecule has 0 bridgehead atoms. The van der Waals surface area contributed by atoms with Gasteiger partial charge in [0.05, 0.1) is 17.3 Å². The highest BCUT2D eigenvalue weighted by molar-refractivity contribution is 7.91. The van der Waals surface area contributed by atoms with Crippen molar-refractivity contribution < 1.29 is 17.9 Å². The zero-order valence-corrected chi connectivity index (χ0v) is 14.4. The van der Waals surface area contributed by atoms with Crippen LogP contribution < -0.4 is 5.32 Å². The molecule has 1 atom stereocenters. The Morgan fingerprint density at radius 1 is 1.23 bits per heavy atom. The maximum atomic E-state index is 12.2. The van der Waals surface area contributed by atoms with Crippen LogP contribution >= 0.6 is 0 Å². The maximum absolute atomic E-state index is 12.2. The zero-order valence-electron chi connectivity index (χ0n) is 13.6. The van der Waals surface area contributed by atoms with Crippen LogP contribution in [-0.2, 0) is 14.6 Å². The normalized spacial score (nSPS) is 13.1. The van der Waals surface area contributed by atoms with Crippen molar-refractivity contribution in [1.82, 2.24) is 5.32 Å². The number of ether oxygens (including phenoxy) is 1. The third-order valence-corrected chi connectivity index (χ3v) is 5.29. The molecule has 1 aromatic rings. The number of methoxy groups -OCH3 is 1. The van der Waals surface area contributed by atoms with E-state index in [1.165, 1.54) is 19.2 Å². The van der Waals surface area contributed by atoms with Crippen LogP contribution in [0.1, 0.15) is 37.6 Å². The molecule has 5 nitrogen and oxygen atoms in total. The minimum atomic E-state index is -3.36. The third kappa shape index (κ3) is 5.10. The molecule has 0 radical (unpaired) electrons. The molecule has 0 aliphatic carbocycles. The average molecular weight is 327 g/mol. The second-order valence-corrected chi connectivity index (χ2v) is 7.68. The Morgan fingerprint density at radius 2 is 1.82 bits per heavy atom. The quantitative estimate of drug-likeness (QED) is 0.795. The molecule has 1 N–H and O–H groups in total. The van der Waals surface area contributed by atoms with Gasteiger partial charge >= 0.3 is 0 Å². The van der Waals surface area contributed by atoms with E-state index in [2.05, 4.69) is 19.2 Å². The van der Waals surface area contributed by atoms with Gasteiger partial charge in [-0.1, -0.05) is 20.8 Å². The van der Waals surface area contributed by atoms with Crippen LogP contribution in [0.3, 0.4) is 0 Å². The van der Waals surface area contributed by atoms with E-state index in [9.17, 15) is 13.2 Å². The number of carbonyl (C=O) groups excluding carboxylic acids is 1. The molecule has 0 saturated carbocycles. The van der Waals surface area contributed by atoms with E-state index in [0.717, 1.165) is 6.42 Å². The van der Waals surface area contributed by atoms with E-state index in [-0.39, 0.29) is 29.2 Å². The monoisotopic (exact) mass is 327 g/mol. The summed E-state index contributed by atoms with van der Waals surface area (Å²) in [6.07, 6.45) is 0.854. The minimum absolute atomic E-state index is 0.0691. The van der Waals surface area contributed by atoms with Crippen LogP contribution in [0.15, 0.2) is 29.2 Å². The van der Waals surface area contributed by atoms with Crippen molar-refractivity contribution in [2.75, 3.05) is 19.5 Å². The van der Waals surface area contributed by atoms with E-state index < -0.39 is 9.84 Å². The van der Waals surface area contributed by atoms with Gasteiger partial charge in [0.15, 0.2) is 9.84 Å². The molecule has 0 aromatic heterocycles. The Hall–Kier alpha value is -1.40. The molecule has 0 spiro atoms. The van der Waals surface area contributed by atoms with Crippen LogP contribution in [0.4, 0.5) is 0 Å². The van der Waals surface area contributed by atoms with Crippen LogP contribution in [0.5, 0.6) is 0 Å². The number of hydrogen-bond acceptors (Lipinski definition) is 4. The predicted octanol–water partition coefficient (Wildman–Crippen LogP) is 2.27. The summed E-state index contributed by atoms with van der Waals surface area (Å²) in [5.74, 6) is 0.101. The van der Waals surface area contributed by atoms with Gasteiger partial charge in [-0.05, 0) is 36.6 Å². The Bertz CT molecular complexity index is 579. The standard InChI is InChI=1S/C16H25NO4S/c1-5-15(12(2)3)17-16(18)13-6-8-14(9-7-13)22(19,20)11-10-21-4/h6-9,12,15H,5,10-11H2,1-4H3,(H,17,18)/t15-/m1/s1. The van der Waals surface area contributed by atoms with Crippen molar-refractivity contribution in [3.8, 4) is 0 Å². The molecule has 0 aliphatic heterocycles. The first-order valence-corrected chi connectivity index (χ1v) is 9.09. The van der Waals surface area contributed by atoms with Crippen molar-refractivity contribution in [1.29, 1.82) is 0 Å². The molecule has 0 heterocycles. The molecule has 1 amide bonds. The van der Waals surface area contributed by atoms with E-state index in [1.807, 2.05) is 6.92 Å². The molecule has 1 rings (SSSR count). The first-order chi connectivity index (χ1) is 10.3. The van der Waals surface area contributed by atoms with Crippen molar-refractivity contribution in [3.63, 3.8) is 0 Å². The number of hydrogen-bond donors (Lipinski definition) is 1. The lowest BCUT2D eigenvalue weighted by atomic mass is 10.0.